The van der Waals surface area contributed by atoms with E-state index in [1.165, 1.54) is 4.90 Å². The van der Waals surface area contributed by atoms with E-state index in [9.17, 15) is 9.59 Å². The van der Waals surface area contributed by atoms with Crippen LogP contribution in [0.25, 0.3) is 0 Å². The van der Waals surface area contributed by atoms with E-state index in [0.717, 1.165) is 18.5 Å². The van der Waals surface area contributed by atoms with Crippen LogP contribution in [0.15, 0.2) is 36.5 Å². The van der Waals surface area contributed by atoms with Crippen molar-refractivity contribution in [3.05, 3.63) is 52.3 Å². The number of hydrogen-bond acceptors (Lipinski definition) is 2. The van der Waals surface area contributed by atoms with Gasteiger partial charge < -0.3 is 19.7 Å². The number of benzene rings is 1. The second-order valence-corrected chi connectivity index (χ2v) is 8.43. The fraction of sp³-hybridized carbons (Fsp3) is 0.429. The van der Waals surface area contributed by atoms with Crippen LogP contribution in [-0.2, 0) is 18.4 Å². The van der Waals surface area contributed by atoms with Gasteiger partial charge in [-0.25, -0.2) is 4.79 Å². The van der Waals surface area contributed by atoms with Crippen molar-refractivity contribution in [1.29, 1.82) is 0 Å². The maximum Gasteiger partial charge on any atom is 0.322 e. The highest BCUT2D eigenvalue weighted by Gasteiger charge is 2.34. The number of amides is 3. The van der Waals surface area contributed by atoms with Gasteiger partial charge in [-0.1, -0.05) is 29.3 Å². The van der Waals surface area contributed by atoms with E-state index >= 15 is 0 Å². The first-order valence-electron chi connectivity index (χ1n) is 9.69. The minimum Gasteiger partial charge on any atom is -0.353 e. The largest absolute Gasteiger partial charge is 0.353 e. The van der Waals surface area contributed by atoms with Gasteiger partial charge in [-0.3, -0.25) is 4.79 Å². The van der Waals surface area contributed by atoms with Crippen molar-refractivity contribution >= 4 is 40.8 Å². The molecule has 0 radical (unpaired) electrons. The number of rotatable bonds is 7. The zero-order chi connectivity index (χ0) is 21.1. The lowest BCUT2D eigenvalue weighted by Gasteiger charge is -2.30. The predicted octanol–water partition coefficient (Wildman–Crippen LogP) is 4.77. The van der Waals surface area contributed by atoms with Crippen LogP contribution >= 0.6 is 23.2 Å². The molecule has 8 heteroatoms. The zero-order valence-electron chi connectivity index (χ0n) is 16.9. The summed E-state index contributed by atoms with van der Waals surface area (Å²) in [6.07, 6.45) is 3.96. The molecule has 1 aliphatic carbocycles. The Morgan fingerprint density at radius 1 is 1.17 bits per heavy atom. The molecule has 1 aromatic heterocycles. The van der Waals surface area contributed by atoms with Gasteiger partial charge in [0.05, 0.1) is 22.3 Å². The smallest absolute Gasteiger partial charge is 0.322 e. The fourth-order valence-electron chi connectivity index (χ4n) is 3.16. The Labute approximate surface area is 181 Å². The summed E-state index contributed by atoms with van der Waals surface area (Å²) in [5, 5.41) is 3.45. The average Bonchev–Trinajstić information content (AvgIpc) is 3.42. The summed E-state index contributed by atoms with van der Waals surface area (Å²) in [6, 6.07) is 8.66. The molecule has 3 rings (SSSR count). The van der Waals surface area contributed by atoms with E-state index in [-0.39, 0.29) is 24.5 Å². The maximum absolute atomic E-state index is 13.1. The lowest BCUT2D eigenvalue weighted by Crippen LogP contribution is -2.48. The van der Waals surface area contributed by atoms with Crippen molar-refractivity contribution in [3.8, 4) is 0 Å². The first-order chi connectivity index (χ1) is 13.8. The number of carbonyl (C=O) groups excluding carboxylic acids is 2. The minimum absolute atomic E-state index is 0.00745. The summed E-state index contributed by atoms with van der Waals surface area (Å²) in [6.45, 7) is 4.28. The molecule has 1 fully saturated rings. The van der Waals surface area contributed by atoms with E-state index in [4.69, 9.17) is 23.2 Å². The zero-order valence-corrected chi connectivity index (χ0v) is 18.4. The maximum atomic E-state index is 13.1. The number of hydrogen-bond donors (Lipinski definition) is 1. The number of nitrogens with one attached hydrogen (secondary N) is 1. The second-order valence-electron chi connectivity index (χ2n) is 7.61. The Kier molecular flexibility index (Phi) is 6.75. The monoisotopic (exact) mass is 436 g/mol. The Bertz CT molecular complexity index is 872. The van der Waals surface area contributed by atoms with Crippen LogP contribution in [0.1, 0.15) is 32.4 Å². The first kappa shape index (κ1) is 21.5. The highest BCUT2D eigenvalue weighted by Crippen LogP contribution is 2.31. The van der Waals surface area contributed by atoms with Crippen LogP contribution in [-0.4, -0.2) is 44.9 Å². The van der Waals surface area contributed by atoms with E-state index in [2.05, 4.69) is 5.32 Å². The molecule has 0 spiro atoms. The number of aryl methyl sites for hydroxylation is 1. The highest BCUT2D eigenvalue weighted by atomic mass is 35.5. The lowest BCUT2D eigenvalue weighted by molar-refractivity contribution is -0.133. The van der Waals surface area contributed by atoms with Crippen molar-refractivity contribution in [1.82, 2.24) is 14.4 Å². The molecule has 3 amide bonds. The molecule has 1 N–H and O–H groups in total. The standard InChI is InChI=1S/C21H26Cl2N4O2/c1-14(2)26(21(29)24-20-17(22)7-4-8-18(20)23)13-19(28)27(15-9-10-15)12-16-6-5-11-25(16)3/h4-8,11,14-15H,9-10,12-13H2,1-3H3,(H,24,29). The number of anilines is 1. The van der Waals surface area contributed by atoms with Crippen LogP contribution in [0.5, 0.6) is 0 Å². The summed E-state index contributed by atoms with van der Waals surface area (Å²) in [4.78, 5) is 29.4. The van der Waals surface area contributed by atoms with Crippen LogP contribution in [0.2, 0.25) is 10.0 Å². The number of aromatic nitrogens is 1. The molecule has 29 heavy (non-hydrogen) atoms. The summed E-state index contributed by atoms with van der Waals surface area (Å²) in [5.41, 5.74) is 1.41. The molecule has 1 heterocycles. The molecule has 1 aliphatic rings. The summed E-state index contributed by atoms with van der Waals surface area (Å²) >= 11 is 12.3. The molecule has 156 valence electrons. The molecule has 1 aromatic carbocycles. The SMILES string of the molecule is CC(C)N(CC(=O)N(Cc1cccn1C)C1CC1)C(=O)Nc1c(Cl)cccc1Cl. The Balaban J connectivity index is 1.72. The van der Waals surface area contributed by atoms with Crippen molar-refractivity contribution in [2.75, 3.05) is 11.9 Å². The molecular weight excluding hydrogens is 411 g/mol. The number of urea groups is 1. The van der Waals surface area contributed by atoms with Gasteiger partial charge in [0, 0.05) is 31.0 Å². The molecule has 0 unspecified atom stereocenters. The lowest BCUT2D eigenvalue weighted by atomic mass is 10.3. The van der Waals surface area contributed by atoms with E-state index in [1.807, 2.05) is 48.7 Å². The number of halogens is 2. The van der Waals surface area contributed by atoms with Gasteiger partial charge in [-0.2, -0.15) is 0 Å². The van der Waals surface area contributed by atoms with Crippen molar-refractivity contribution in [2.24, 2.45) is 7.05 Å². The van der Waals surface area contributed by atoms with Crippen molar-refractivity contribution in [3.63, 3.8) is 0 Å². The second kappa shape index (κ2) is 9.09. The normalized spacial score (nSPS) is 13.4. The van der Waals surface area contributed by atoms with E-state index < -0.39 is 6.03 Å². The highest BCUT2D eigenvalue weighted by molar-refractivity contribution is 6.39. The van der Waals surface area contributed by atoms with Gasteiger partial charge in [0.15, 0.2) is 0 Å². The third-order valence-corrected chi connectivity index (χ3v) is 5.71. The quantitative estimate of drug-likeness (QED) is 0.679. The molecule has 0 atom stereocenters. The van der Waals surface area contributed by atoms with Crippen molar-refractivity contribution < 1.29 is 9.59 Å². The van der Waals surface area contributed by atoms with Crippen LogP contribution < -0.4 is 5.32 Å². The Morgan fingerprint density at radius 2 is 1.83 bits per heavy atom. The number of nitrogens with zero attached hydrogens (tertiary/aromatic N) is 3. The topological polar surface area (TPSA) is 57.6 Å². The summed E-state index contributed by atoms with van der Waals surface area (Å²) < 4.78 is 2.01. The summed E-state index contributed by atoms with van der Waals surface area (Å²) in [7, 11) is 1.96. The number of carbonyl (C=O) groups is 2. The molecule has 1 saturated carbocycles. The molecular formula is C21H26Cl2N4O2. The third kappa shape index (κ3) is 5.25. The third-order valence-electron chi connectivity index (χ3n) is 5.08. The predicted molar refractivity (Wildman–Crippen MR) is 116 cm³/mol. The van der Waals surface area contributed by atoms with Gasteiger partial charge in [0.2, 0.25) is 5.91 Å². The summed E-state index contributed by atoms with van der Waals surface area (Å²) in [5.74, 6) is -0.0668. The van der Waals surface area contributed by atoms with Crippen LogP contribution in [0.3, 0.4) is 0 Å². The average molecular weight is 437 g/mol. The van der Waals surface area contributed by atoms with Crippen LogP contribution in [0, 0.1) is 0 Å². The molecule has 2 aromatic rings. The van der Waals surface area contributed by atoms with Gasteiger partial charge in [0.1, 0.15) is 6.54 Å². The van der Waals surface area contributed by atoms with E-state index in [1.54, 1.807) is 18.2 Å². The van der Waals surface area contributed by atoms with Gasteiger partial charge in [-0.05, 0) is 51.0 Å². The molecule has 0 aliphatic heterocycles. The van der Waals surface area contributed by atoms with Crippen LogP contribution in [0.4, 0.5) is 10.5 Å². The minimum atomic E-state index is -0.405. The Hall–Kier alpha value is -2.18. The van der Waals surface area contributed by atoms with E-state index in [0.29, 0.717) is 22.3 Å². The molecule has 0 bridgehead atoms. The first-order valence-corrected chi connectivity index (χ1v) is 10.4. The number of para-hydroxylation sites is 1. The molecule has 6 nitrogen and oxygen atoms in total. The fourth-order valence-corrected chi connectivity index (χ4v) is 3.66. The van der Waals surface area contributed by atoms with Gasteiger partial charge >= 0.3 is 6.03 Å². The Morgan fingerprint density at radius 3 is 2.34 bits per heavy atom. The van der Waals surface area contributed by atoms with Gasteiger partial charge in [-0.15, -0.1) is 0 Å². The molecule has 0 saturated heterocycles. The van der Waals surface area contributed by atoms with Crippen molar-refractivity contribution in [2.45, 2.75) is 45.3 Å². The van der Waals surface area contributed by atoms with Gasteiger partial charge in [0.25, 0.3) is 0 Å².